The maximum Gasteiger partial charge on any atom is 0.0570 e. The van der Waals surface area contributed by atoms with Gasteiger partial charge in [0.25, 0.3) is 0 Å². The number of hydrogen-bond donors (Lipinski definition) is 2. The third kappa shape index (κ3) is 5.16. The average molecular weight is 363 g/mol. The molecule has 0 saturated heterocycles. The van der Waals surface area contributed by atoms with Gasteiger partial charge in [-0.3, -0.25) is 9.97 Å². The molecule has 2 aromatic rings. The highest BCUT2D eigenvalue weighted by Gasteiger charge is 2.12. The topological polar surface area (TPSA) is 63.8 Å². The van der Waals surface area contributed by atoms with Crippen LogP contribution < -0.4 is 11.1 Å². The number of halogens is 1. The largest absolute Gasteiger partial charge is 0.330 e. The number of rotatable bonds is 8. The van der Waals surface area contributed by atoms with Crippen LogP contribution in [0, 0.1) is 6.92 Å². The molecule has 0 aliphatic heterocycles. The fourth-order valence-electron chi connectivity index (χ4n) is 2.39. The van der Waals surface area contributed by atoms with Gasteiger partial charge in [-0.25, -0.2) is 0 Å². The molecule has 118 valence electrons. The van der Waals surface area contributed by atoms with Gasteiger partial charge < -0.3 is 11.1 Å². The van der Waals surface area contributed by atoms with Crippen LogP contribution in [0.1, 0.15) is 29.8 Å². The van der Waals surface area contributed by atoms with Crippen molar-refractivity contribution in [1.29, 1.82) is 0 Å². The highest BCUT2D eigenvalue weighted by molar-refractivity contribution is 9.10. The molecule has 22 heavy (non-hydrogen) atoms. The highest BCUT2D eigenvalue weighted by atomic mass is 79.9. The normalized spacial score (nSPS) is 12.3. The lowest BCUT2D eigenvalue weighted by molar-refractivity contribution is 0.458. The van der Waals surface area contributed by atoms with Crippen LogP contribution in [-0.4, -0.2) is 22.6 Å². The van der Waals surface area contributed by atoms with E-state index < -0.39 is 0 Å². The molecule has 2 rings (SSSR count). The number of pyridine rings is 2. The van der Waals surface area contributed by atoms with Gasteiger partial charge in [0.15, 0.2) is 0 Å². The molecule has 4 nitrogen and oxygen atoms in total. The van der Waals surface area contributed by atoms with Crippen LogP contribution in [0.3, 0.4) is 0 Å². The molecule has 5 heteroatoms. The van der Waals surface area contributed by atoms with E-state index in [4.69, 9.17) is 5.73 Å². The van der Waals surface area contributed by atoms with Crippen LogP contribution in [0.15, 0.2) is 41.1 Å². The smallest absolute Gasteiger partial charge is 0.0570 e. The fraction of sp³-hybridized carbons (Fsp3) is 0.412. The maximum absolute atomic E-state index is 5.67. The third-order valence-electron chi connectivity index (χ3n) is 3.71. The molecular formula is C17H23BrN4. The van der Waals surface area contributed by atoms with Crippen LogP contribution in [0.25, 0.3) is 0 Å². The second kappa shape index (κ2) is 8.98. The molecule has 0 spiro atoms. The quantitative estimate of drug-likeness (QED) is 0.757. The summed E-state index contributed by atoms with van der Waals surface area (Å²) in [5.74, 6) is 0. The molecule has 3 N–H and O–H groups in total. The van der Waals surface area contributed by atoms with E-state index >= 15 is 0 Å². The van der Waals surface area contributed by atoms with Crippen molar-refractivity contribution in [3.63, 3.8) is 0 Å². The number of aromatic nitrogens is 2. The number of aryl methyl sites for hydroxylation is 1. The molecule has 0 fully saturated rings. The Bertz CT molecular complexity index is 588. The zero-order valence-electron chi connectivity index (χ0n) is 12.9. The first-order chi connectivity index (χ1) is 10.7. The Hall–Kier alpha value is -1.30. The van der Waals surface area contributed by atoms with Gasteiger partial charge in [0.1, 0.15) is 0 Å². The molecule has 0 radical (unpaired) electrons. The maximum atomic E-state index is 5.67. The Morgan fingerprint density at radius 1 is 1.18 bits per heavy atom. The highest BCUT2D eigenvalue weighted by Crippen LogP contribution is 2.16. The number of hydrogen-bond acceptors (Lipinski definition) is 4. The van der Waals surface area contributed by atoms with Crippen molar-refractivity contribution >= 4 is 15.9 Å². The summed E-state index contributed by atoms with van der Waals surface area (Å²) in [4.78, 5) is 8.91. The SMILES string of the molecule is Cc1cccnc1CNC(CCCN)Cc1ncccc1Br. The van der Waals surface area contributed by atoms with Crippen molar-refractivity contribution in [2.75, 3.05) is 6.54 Å². The summed E-state index contributed by atoms with van der Waals surface area (Å²) < 4.78 is 1.06. The third-order valence-corrected chi connectivity index (χ3v) is 4.43. The molecule has 2 heterocycles. The van der Waals surface area contributed by atoms with Gasteiger partial charge in [-0.15, -0.1) is 0 Å². The Labute approximate surface area is 140 Å². The fourth-order valence-corrected chi connectivity index (χ4v) is 2.80. The van der Waals surface area contributed by atoms with Gasteiger partial charge in [-0.2, -0.15) is 0 Å². The van der Waals surface area contributed by atoms with Gasteiger partial charge in [-0.1, -0.05) is 6.07 Å². The zero-order chi connectivity index (χ0) is 15.8. The summed E-state index contributed by atoms with van der Waals surface area (Å²) in [5.41, 5.74) is 9.06. The Balaban J connectivity index is 2.00. The van der Waals surface area contributed by atoms with E-state index in [9.17, 15) is 0 Å². The predicted molar refractivity (Wildman–Crippen MR) is 93.5 cm³/mol. The van der Waals surface area contributed by atoms with Crippen molar-refractivity contribution in [1.82, 2.24) is 15.3 Å². The monoisotopic (exact) mass is 362 g/mol. The van der Waals surface area contributed by atoms with E-state index in [1.54, 1.807) is 0 Å². The molecule has 1 atom stereocenters. The minimum Gasteiger partial charge on any atom is -0.330 e. The van der Waals surface area contributed by atoms with Gasteiger partial charge >= 0.3 is 0 Å². The van der Waals surface area contributed by atoms with Gasteiger partial charge in [-0.05, 0) is 66.0 Å². The van der Waals surface area contributed by atoms with E-state index in [1.807, 2.05) is 30.6 Å². The summed E-state index contributed by atoms with van der Waals surface area (Å²) in [6, 6.07) is 8.37. The lowest BCUT2D eigenvalue weighted by Crippen LogP contribution is -2.32. The lowest BCUT2D eigenvalue weighted by atomic mass is 10.0. The molecule has 0 aliphatic carbocycles. The lowest BCUT2D eigenvalue weighted by Gasteiger charge is -2.19. The van der Waals surface area contributed by atoms with E-state index in [0.29, 0.717) is 12.6 Å². The molecule has 2 aromatic heterocycles. The summed E-state index contributed by atoms with van der Waals surface area (Å²) in [7, 11) is 0. The van der Waals surface area contributed by atoms with Crippen molar-refractivity contribution < 1.29 is 0 Å². The summed E-state index contributed by atoms with van der Waals surface area (Å²) >= 11 is 3.57. The average Bonchev–Trinajstić information content (AvgIpc) is 2.53. The zero-order valence-corrected chi connectivity index (χ0v) is 14.5. The van der Waals surface area contributed by atoms with Crippen LogP contribution >= 0.6 is 15.9 Å². The number of nitrogens with one attached hydrogen (secondary N) is 1. The van der Waals surface area contributed by atoms with E-state index in [-0.39, 0.29) is 0 Å². The summed E-state index contributed by atoms with van der Waals surface area (Å²) in [6.45, 7) is 3.57. The second-order valence-electron chi connectivity index (χ2n) is 5.41. The standard InChI is InChI=1S/C17H23BrN4/c1-13-5-3-9-21-17(13)12-22-14(6-2-8-19)11-16-15(18)7-4-10-20-16/h3-5,7,9-10,14,22H,2,6,8,11-12,19H2,1H3. The first-order valence-electron chi connectivity index (χ1n) is 7.64. The van der Waals surface area contributed by atoms with Crippen molar-refractivity contribution in [2.24, 2.45) is 5.73 Å². The Morgan fingerprint density at radius 2 is 1.91 bits per heavy atom. The molecular weight excluding hydrogens is 340 g/mol. The van der Waals surface area contributed by atoms with Crippen molar-refractivity contribution in [2.45, 2.75) is 38.8 Å². The van der Waals surface area contributed by atoms with Crippen molar-refractivity contribution in [3.8, 4) is 0 Å². The van der Waals surface area contributed by atoms with Crippen LogP contribution in [0.2, 0.25) is 0 Å². The van der Waals surface area contributed by atoms with Crippen LogP contribution in [-0.2, 0) is 13.0 Å². The predicted octanol–water partition coefficient (Wildman–Crippen LogP) is 2.99. The molecule has 1 unspecified atom stereocenters. The minimum atomic E-state index is 0.344. The van der Waals surface area contributed by atoms with Gasteiger partial charge in [0.05, 0.1) is 11.4 Å². The number of nitrogens with two attached hydrogens (primary N) is 1. The first-order valence-corrected chi connectivity index (χ1v) is 8.43. The van der Waals surface area contributed by atoms with Crippen molar-refractivity contribution in [3.05, 3.63) is 58.1 Å². The van der Waals surface area contributed by atoms with Gasteiger partial charge in [0.2, 0.25) is 0 Å². The molecule has 0 saturated carbocycles. The molecule has 0 amide bonds. The Morgan fingerprint density at radius 3 is 2.59 bits per heavy atom. The van der Waals surface area contributed by atoms with Crippen LogP contribution in [0.5, 0.6) is 0 Å². The minimum absolute atomic E-state index is 0.344. The Kier molecular flexibility index (Phi) is 6.96. The van der Waals surface area contributed by atoms with E-state index in [2.05, 4.69) is 44.2 Å². The first kappa shape index (κ1) is 17.1. The number of nitrogens with zero attached hydrogens (tertiary/aromatic N) is 2. The summed E-state index contributed by atoms with van der Waals surface area (Å²) in [6.07, 6.45) is 6.60. The summed E-state index contributed by atoms with van der Waals surface area (Å²) in [5, 5.41) is 3.61. The second-order valence-corrected chi connectivity index (χ2v) is 6.27. The molecule has 0 bridgehead atoms. The van der Waals surface area contributed by atoms with Gasteiger partial charge in [0, 0.05) is 35.9 Å². The van der Waals surface area contributed by atoms with Crippen LogP contribution in [0.4, 0.5) is 0 Å². The van der Waals surface area contributed by atoms with E-state index in [1.165, 1.54) is 5.56 Å². The molecule has 0 aliphatic rings. The molecule has 0 aromatic carbocycles. The van der Waals surface area contributed by atoms with E-state index in [0.717, 1.165) is 41.7 Å².